The Bertz CT molecular complexity index is 1500. The van der Waals surface area contributed by atoms with Crippen molar-refractivity contribution in [1.82, 2.24) is 10.2 Å². The number of sulfonamides is 1. The highest BCUT2D eigenvalue weighted by Gasteiger charge is 2.34. The summed E-state index contributed by atoms with van der Waals surface area (Å²) in [5.74, 6) is -0.770. The first-order chi connectivity index (χ1) is 20.1. The monoisotopic (exact) mass is 597 g/mol. The first kappa shape index (κ1) is 30.8. The van der Waals surface area contributed by atoms with E-state index in [9.17, 15) is 22.4 Å². The number of carbonyl (C=O) groups is 2. The van der Waals surface area contributed by atoms with Gasteiger partial charge in [-0.3, -0.25) is 13.9 Å². The Balaban J connectivity index is 1.73. The maximum Gasteiger partial charge on any atom is 0.264 e. The van der Waals surface area contributed by atoms with Gasteiger partial charge in [0.25, 0.3) is 10.0 Å². The summed E-state index contributed by atoms with van der Waals surface area (Å²) in [6, 6.07) is 15.8. The molecule has 4 rings (SSSR count). The number of amides is 2. The fourth-order valence-corrected chi connectivity index (χ4v) is 6.05. The molecule has 1 N–H and O–H groups in total. The molecule has 0 spiro atoms. The molecule has 224 valence electrons. The van der Waals surface area contributed by atoms with Crippen molar-refractivity contribution < 1.29 is 31.9 Å². The van der Waals surface area contributed by atoms with E-state index in [0.717, 1.165) is 34.0 Å². The van der Waals surface area contributed by atoms with Gasteiger partial charge in [0.15, 0.2) is 11.5 Å². The van der Waals surface area contributed by atoms with Gasteiger partial charge in [-0.2, -0.15) is 0 Å². The Kier molecular flexibility index (Phi) is 10.1. The number of nitrogens with zero attached hydrogens (tertiary/aromatic N) is 2. The number of hydrogen-bond donors (Lipinski definition) is 1. The lowest BCUT2D eigenvalue weighted by molar-refractivity contribution is -0.140. The summed E-state index contributed by atoms with van der Waals surface area (Å²) in [6.45, 7) is 6.21. The molecule has 0 aromatic heterocycles. The summed E-state index contributed by atoms with van der Waals surface area (Å²) in [5.41, 5.74) is 1.93. The standard InChI is InChI=1S/C31H36FN3O6S/c1-4-16-33-31(37)27(5-2)34(20-23-8-6-22(3)7-9-23)30(36)21-35(25-12-10-24(32)11-13-25)42(38,39)26-14-15-28-29(19-26)41-18-17-40-28/h6-15,19,27H,4-5,16-18,20-21H2,1-3H3,(H,33,37)/t27-/m0/s1. The van der Waals surface area contributed by atoms with Gasteiger partial charge in [0, 0.05) is 19.2 Å². The number of halogens is 1. The zero-order chi connectivity index (χ0) is 30.3. The molecule has 3 aromatic carbocycles. The minimum absolute atomic E-state index is 0.0957. The lowest BCUT2D eigenvalue weighted by atomic mass is 10.1. The summed E-state index contributed by atoms with van der Waals surface area (Å²) in [7, 11) is -4.35. The van der Waals surface area contributed by atoms with Gasteiger partial charge in [-0.15, -0.1) is 0 Å². The molecule has 0 saturated carbocycles. The minimum Gasteiger partial charge on any atom is -0.486 e. The van der Waals surface area contributed by atoms with Crippen LogP contribution in [-0.4, -0.2) is 57.5 Å². The van der Waals surface area contributed by atoms with Crippen molar-refractivity contribution in [3.8, 4) is 11.5 Å². The topological polar surface area (TPSA) is 105 Å². The summed E-state index contributed by atoms with van der Waals surface area (Å²) in [6.07, 6.45) is 1.04. The molecule has 0 unspecified atom stereocenters. The second-order valence-electron chi connectivity index (χ2n) is 10.0. The lowest BCUT2D eigenvalue weighted by Crippen LogP contribution is -2.52. The number of fused-ring (bicyclic) bond motifs is 1. The van der Waals surface area contributed by atoms with Crippen molar-refractivity contribution in [2.75, 3.05) is 30.6 Å². The van der Waals surface area contributed by atoms with Crippen molar-refractivity contribution >= 4 is 27.5 Å². The Morgan fingerprint density at radius 3 is 2.26 bits per heavy atom. The van der Waals surface area contributed by atoms with Crippen LogP contribution in [0.15, 0.2) is 71.6 Å². The van der Waals surface area contributed by atoms with Crippen LogP contribution in [0.2, 0.25) is 0 Å². The highest BCUT2D eigenvalue weighted by molar-refractivity contribution is 7.92. The van der Waals surface area contributed by atoms with Crippen molar-refractivity contribution in [2.45, 2.75) is 51.1 Å². The minimum atomic E-state index is -4.35. The molecular weight excluding hydrogens is 561 g/mol. The van der Waals surface area contributed by atoms with Crippen LogP contribution in [0.3, 0.4) is 0 Å². The fraction of sp³-hybridized carbons (Fsp3) is 0.355. The second kappa shape index (κ2) is 13.7. The number of anilines is 1. The molecule has 1 aliphatic heterocycles. The summed E-state index contributed by atoms with van der Waals surface area (Å²) >= 11 is 0. The average molecular weight is 598 g/mol. The highest BCUT2D eigenvalue weighted by atomic mass is 32.2. The van der Waals surface area contributed by atoms with Crippen LogP contribution < -0.4 is 19.1 Å². The predicted octanol–water partition coefficient (Wildman–Crippen LogP) is 4.43. The van der Waals surface area contributed by atoms with Gasteiger partial charge in [0.05, 0.1) is 10.6 Å². The number of nitrogens with one attached hydrogen (secondary N) is 1. The SMILES string of the molecule is CCCNC(=O)[C@H](CC)N(Cc1ccc(C)cc1)C(=O)CN(c1ccc(F)cc1)S(=O)(=O)c1ccc2c(c1)OCCO2. The largest absolute Gasteiger partial charge is 0.486 e. The summed E-state index contributed by atoms with van der Waals surface area (Å²) in [4.78, 5) is 28.5. The van der Waals surface area contributed by atoms with Crippen LogP contribution in [0, 0.1) is 12.7 Å². The molecule has 42 heavy (non-hydrogen) atoms. The Labute approximate surface area is 246 Å². The number of ether oxygens (including phenoxy) is 2. The fourth-order valence-electron chi connectivity index (χ4n) is 4.62. The quantitative estimate of drug-likeness (QED) is 0.331. The van der Waals surface area contributed by atoms with E-state index in [1.54, 1.807) is 6.92 Å². The maximum absolute atomic E-state index is 14.1. The van der Waals surface area contributed by atoms with E-state index in [1.807, 2.05) is 38.1 Å². The van der Waals surface area contributed by atoms with Crippen molar-refractivity contribution in [1.29, 1.82) is 0 Å². The van der Waals surface area contributed by atoms with Gasteiger partial charge >= 0.3 is 0 Å². The van der Waals surface area contributed by atoms with Gasteiger partial charge in [-0.1, -0.05) is 43.7 Å². The molecule has 1 aliphatic rings. The number of benzene rings is 3. The van der Waals surface area contributed by atoms with E-state index in [-0.39, 0.29) is 35.4 Å². The van der Waals surface area contributed by atoms with Crippen LogP contribution in [0.1, 0.15) is 37.8 Å². The maximum atomic E-state index is 14.1. The molecule has 11 heteroatoms. The second-order valence-corrected chi connectivity index (χ2v) is 11.9. The first-order valence-corrected chi connectivity index (χ1v) is 15.4. The van der Waals surface area contributed by atoms with Gasteiger partial charge in [0.1, 0.15) is 31.6 Å². The Morgan fingerprint density at radius 1 is 0.952 bits per heavy atom. The molecule has 0 fully saturated rings. The molecule has 3 aromatic rings. The van der Waals surface area contributed by atoms with Gasteiger partial charge in [-0.25, -0.2) is 12.8 Å². The summed E-state index contributed by atoms with van der Waals surface area (Å²) < 4.78 is 54.0. The smallest absolute Gasteiger partial charge is 0.264 e. The molecule has 1 atom stereocenters. The van der Waals surface area contributed by atoms with Crippen LogP contribution in [0.4, 0.5) is 10.1 Å². The van der Waals surface area contributed by atoms with Crippen LogP contribution >= 0.6 is 0 Å². The van der Waals surface area contributed by atoms with E-state index in [4.69, 9.17) is 9.47 Å². The van der Waals surface area contributed by atoms with E-state index in [2.05, 4.69) is 5.32 Å². The zero-order valence-electron chi connectivity index (χ0n) is 24.0. The number of hydrogen-bond acceptors (Lipinski definition) is 6. The molecule has 0 bridgehead atoms. The molecule has 0 radical (unpaired) electrons. The van der Waals surface area contributed by atoms with Crippen LogP contribution in [-0.2, 0) is 26.2 Å². The molecule has 0 saturated heterocycles. The van der Waals surface area contributed by atoms with E-state index >= 15 is 0 Å². The van der Waals surface area contributed by atoms with Gasteiger partial charge < -0.3 is 19.7 Å². The Hall–Kier alpha value is -4.12. The summed E-state index contributed by atoms with van der Waals surface area (Å²) in [5, 5.41) is 2.86. The predicted molar refractivity (Wildman–Crippen MR) is 157 cm³/mol. The third-order valence-electron chi connectivity index (χ3n) is 6.90. The lowest BCUT2D eigenvalue weighted by Gasteiger charge is -2.33. The Morgan fingerprint density at radius 2 is 1.62 bits per heavy atom. The molecule has 1 heterocycles. The van der Waals surface area contributed by atoms with Crippen molar-refractivity contribution in [2.24, 2.45) is 0 Å². The molecule has 0 aliphatic carbocycles. The third kappa shape index (κ3) is 7.20. The average Bonchev–Trinajstić information content (AvgIpc) is 2.99. The third-order valence-corrected chi connectivity index (χ3v) is 8.67. The number of rotatable bonds is 12. The van der Waals surface area contributed by atoms with E-state index in [0.29, 0.717) is 25.3 Å². The normalized spacial score (nSPS) is 13.2. The first-order valence-electron chi connectivity index (χ1n) is 13.9. The van der Waals surface area contributed by atoms with Gasteiger partial charge in [0.2, 0.25) is 11.8 Å². The zero-order valence-corrected chi connectivity index (χ0v) is 24.8. The van der Waals surface area contributed by atoms with Crippen molar-refractivity contribution in [3.05, 3.63) is 83.7 Å². The van der Waals surface area contributed by atoms with Crippen LogP contribution in [0.25, 0.3) is 0 Å². The van der Waals surface area contributed by atoms with Crippen molar-refractivity contribution in [3.63, 3.8) is 0 Å². The van der Waals surface area contributed by atoms with Crippen LogP contribution in [0.5, 0.6) is 11.5 Å². The highest BCUT2D eigenvalue weighted by Crippen LogP contribution is 2.34. The molecule has 2 amide bonds. The molecular formula is C31H36FN3O6S. The van der Waals surface area contributed by atoms with E-state index in [1.165, 1.54) is 35.2 Å². The molecule has 9 nitrogen and oxygen atoms in total. The number of aryl methyl sites for hydroxylation is 1. The van der Waals surface area contributed by atoms with Gasteiger partial charge in [-0.05, 0) is 61.7 Å². The van der Waals surface area contributed by atoms with E-state index < -0.39 is 34.3 Å². The number of carbonyl (C=O) groups excluding carboxylic acids is 2.